The Labute approximate surface area is 132 Å². The van der Waals surface area contributed by atoms with Gasteiger partial charge in [-0.05, 0) is 31.9 Å². The molecule has 1 aliphatic heterocycles. The average Bonchev–Trinajstić information content (AvgIpc) is 2.55. The fourth-order valence-corrected chi connectivity index (χ4v) is 2.65. The zero-order chi connectivity index (χ0) is 17.0. The van der Waals surface area contributed by atoms with Crippen LogP contribution in [0.15, 0.2) is 24.3 Å². The van der Waals surface area contributed by atoms with Crippen molar-refractivity contribution >= 4 is 11.9 Å². The molecule has 5 nitrogen and oxygen atoms in total. The van der Waals surface area contributed by atoms with Gasteiger partial charge >= 0.3 is 11.9 Å². The number of carboxylic acid groups (broad SMARTS) is 1. The number of para-hydroxylation sites is 1. The molecule has 2 rings (SSSR count). The van der Waals surface area contributed by atoms with Crippen LogP contribution in [0.2, 0.25) is 0 Å². The molecule has 1 saturated heterocycles. The number of hydrogen-bond donors (Lipinski definition) is 1. The van der Waals surface area contributed by atoms with Crippen LogP contribution in [-0.4, -0.2) is 41.6 Å². The van der Waals surface area contributed by atoms with Crippen LogP contribution in [-0.2, 0) is 15.5 Å². The van der Waals surface area contributed by atoms with E-state index in [1.54, 1.807) is 13.0 Å². The topological polar surface area (TPSA) is 66.8 Å². The summed E-state index contributed by atoms with van der Waals surface area (Å²) < 4.78 is 34.4. The summed E-state index contributed by atoms with van der Waals surface area (Å²) in [7, 11) is 0. The minimum Gasteiger partial charge on any atom is -0.493 e. The second kappa shape index (κ2) is 6.93. The summed E-state index contributed by atoms with van der Waals surface area (Å²) in [5.41, 5.74) is -0.466. The molecule has 1 heterocycles. The van der Waals surface area contributed by atoms with Crippen LogP contribution in [0.1, 0.15) is 25.3 Å². The Morgan fingerprint density at radius 3 is 2.48 bits per heavy atom. The molecule has 0 atom stereocenters. The second-order valence-corrected chi connectivity index (χ2v) is 5.41. The Bertz CT molecular complexity index is 583. The van der Waals surface area contributed by atoms with Gasteiger partial charge in [0.1, 0.15) is 5.75 Å². The number of piperidine rings is 1. The van der Waals surface area contributed by atoms with E-state index in [1.807, 2.05) is 0 Å². The maximum absolute atomic E-state index is 14.6. The monoisotopic (exact) mass is 327 g/mol. The zero-order valence-electron chi connectivity index (χ0n) is 12.8. The SMILES string of the molecule is CCOc1ccccc1C(F)(F)C(=O)N1CCC(C(=O)O)CC1. The Morgan fingerprint density at radius 1 is 1.30 bits per heavy atom. The van der Waals surface area contributed by atoms with E-state index in [9.17, 15) is 18.4 Å². The summed E-state index contributed by atoms with van der Waals surface area (Å²) in [6, 6.07) is 5.56. The molecule has 1 aromatic carbocycles. The highest BCUT2D eigenvalue weighted by molar-refractivity contribution is 5.86. The zero-order valence-corrected chi connectivity index (χ0v) is 12.8. The number of halogens is 2. The van der Waals surface area contributed by atoms with Gasteiger partial charge in [0.25, 0.3) is 5.91 Å². The van der Waals surface area contributed by atoms with E-state index in [-0.39, 0.29) is 38.3 Å². The predicted molar refractivity (Wildman–Crippen MR) is 78.4 cm³/mol. The number of ether oxygens (including phenoxy) is 1. The van der Waals surface area contributed by atoms with Gasteiger partial charge in [0, 0.05) is 13.1 Å². The third kappa shape index (κ3) is 3.60. The fraction of sp³-hybridized carbons (Fsp3) is 0.500. The quantitative estimate of drug-likeness (QED) is 0.902. The number of alkyl halides is 2. The summed E-state index contributed by atoms with van der Waals surface area (Å²) in [6.07, 6.45) is 0.370. The van der Waals surface area contributed by atoms with Crippen molar-refractivity contribution in [3.05, 3.63) is 29.8 Å². The van der Waals surface area contributed by atoms with E-state index >= 15 is 0 Å². The maximum atomic E-state index is 14.6. The Kier molecular flexibility index (Phi) is 5.18. The number of hydrogen-bond acceptors (Lipinski definition) is 3. The van der Waals surface area contributed by atoms with Crippen molar-refractivity contribution in [2.75, 3.05) is 19.7 Å². The molecule has 7 heteroatoms. The first-order valence-electron chi connectivity index (χ1n) is 7.50. The van der Waals surface area contributed by atoms with Gasteiger partial charge in [0.15, 0.2) is 0 Å². The van der Waals surface area contributed by atoms with Gasteiger partial charge < -0.3 is 14.7 Å². The number of amides is 1. The molecular weight excluding hydrogens is 308 g/mol. The largest absolute Gasteiger partial charge is 0.493 e. The molecule has 1 aromatic rings. The lowest BCUT2D eigenvalue weighted by atomic mass is 9.96. The molecule has 0 spiro atoms. The van der Waals surface area contributed by atoms with Gasteiger partial charge in [0.05, 0.1) is 18.1 Å². The minimum absolute atomic E-state index is 0.0161. The molecule has 0 radical (unpaired) electrons. The first-order valence-corrected chi connectivity index (χ1v) is 7.50. The van der Waals surface area contributed by atoms with Crippen molar-refractivity contribution in [1.82, 2.24) is 4.90 Å². The van der Waals surface area contributed by atoms with E-state index in [2.05, 4.69) is 0 Å². The van der Waals surface area contributed by atoms with Crippen molar-refractivity contribution in [2.24, 2.45) is 5.92 Å². The number of carboxylic acids is 1. The van der Waals surface area contributed by atoms with Gasteiger partial charge in [-0.3, -0.25) is 9.59 Å². The molecular formula is C16H19F2NO4. The number of nitrogens with zero attached hydrogens (tertiary/aromatic N) is 1. The molecule has 126 valence electrons. The van der Waals surface area contributed by atoms with Crippen molar-refractivity contribution < 1.29 is 28.2 Å². The predicted octanol–water partition coefficient (Wildman–Crippen LogP) is 2.50. The van der Waals surface area contributed by atoms with E-state index in [4.69, 9.17) is 9.84 Å². The number of benzene rings is 1. The first-order chi connectivity index (χ1) is 10.9. The molecule has 0 aliphatic carbocycles. The lowest BCUT2D eigenvalue weighted by molar-refractivity contribution is -0.162. The van der Waals surface area contributed by atoms with E-state index in [0.717, 1.165) is 4.90 Å². The fourth-order valence-electron chi connectivity index (χ4n) is 2.65. The van der Waals surface area contributed by atoms with E-state index < -0.39 is 29.3 Å². The minimum atomic E-state index is -3.71. The standard InChI is InChI=1S/C16H19F2NO4/c1-2-23-13-6-4-3-5-12(13)16(17,18)15(22)19-9-7-11(8-10-19)14(20)21/h3-6,11H,2,7-10H2,1H3,(H,20,21). The summed E-state index contributed by atoms with van der Waals surface area (Å²) in [5, 5.41) is 8.93. The van der Waals surface area contributed by atoms with Gasteiger partial charge in [-0.15, -0.1) is 0 Å². The molecule has 1 N–H and O–H groups in total. The molecule has 1 aliphatic rings. The van der Waals surface area contributed by atoms with Gasteiger partial charge in [-0.1, -0.05) is 12.1 Å². The van der Waals surface area contributed by atoms with Crippen LogP contribution in [0, 0.1) is 5.92 Å². The molecule has 0 unspecified atom stereocenters. The first kappa shape index (κ1) is 17.2. The van der Waals surface area contributed by atoms with Crippen molar-refractivity contribution in [3.63, 3.8) is 0 Å². The third-order valence-corrected chi connectivity index (χ3v) is 3.93. The molecule has 1 fully saturated rings. The van der Waals surface area contributed by atoms with E-state index in [1.165, 1.54) is 18.2 Å². The van der Waals surface area contributed by atoms with Gasteiger partial charge in [-0.25, -0.2) is 0 Å². The van der Waals surface area contributed by atoms with Gasteiger partial charge in [-0.2, -0.15) is 8.78 Å². The Hall–Kier alpha value is -2.18. The summed E-state index contributed by atoms with van der Waals surface area (Å²) in [5.74, 6) is -6.57. The highest BCUT2D eigenvalue weighted by atomic mass is 19.3. The molecule has 1 amide bonds. The Morgan fingerprint density at radius 2 is 1.91 bits per heavy atom. The maximum Gasteiger partial charge on any atom is 0.353 e. The smallest absolute Gasteiger partial charge is 0.353 e. The Balaban J connectivity index is 2.16. The third-order valence-electron chi connectivity index (χ3n) is 3.93. The van der Waals surface area contributed by atoms with Crippen LogP contribution < -0.4 is 4.74 Å². The van der Waals surface area contributed by atoms with E-state index in [0.29, 0.717) is 0 Å². The average molecular weight is 327 g/mol. The lowest BCUT2D eigenvalue weighted by Crippen LogP contribution is -2.46. The second-order valence-electron chi connectivity index (χ2n) is 5.41. The molecule has 0 bridgehead atoms. The van der Waals surface area contributed by atoms with Gasteiger partial charge in [0.2, 0.25) is 0 Å². The number of rotatable bonds is 5. The number of carbonyl (C=O) groups is 2. The van der Waals surface area contributed by atoms with Crippen molar-refractivity contribution in [1.29, 1.82) is 0 Å². The lowest BCUT2D eigenvalue weighted by Gasteiger charge is -2.33. The van der Waals surface area contributed by atoms with Crippen LogP contribution in [0.4, 0.5) is 8.78 Å². The normalized spacial score (nSPS) is 16.2. The number of likely N-dealkylation sites (tertiary alicyclic amines) is 1. The highest BCUT2D eigenvalue weighted by Gasteiger charge is 2.46. The summed E-state index contributed by atoms with van der Waals surface area (Å²) in [6.45, 7) is 1.92. The molecule has 23 heavy (non-hydrogen) atoms. The van der Waals surface area contributed by atoms with Crippen molar-refractivity contribution in [3.8, 4) is 5.75 Å². The summed E-state index contributed by atoms with van der Waals surface area (Å²) >= 11 is 0. The van der Waals surface area contributed by atoms with Crippen LogP contribution >= 0.6 is 0 Å². The number of carbonyl (C=O) groups excluding carboxylic acids is 1. The number of aliphatic carboxylic acids is 1. The van der Waals surface area contributed by atoms with Crippen molar-refractivity contribution in [2.45, 2.75) is 25.7 Å². The molecule has 0 saturated carbocycles. The van der Waals surface area contributed by atoms with Crippen LogP contribution in [0.5, 0.6) is 5.75 Å². The molecule has 0 aromatic heterocycles. The summed E-state index contributed by atoms with van der Waals surface area (Å²) in [4.78, 5) is 24.2. The van der Waals surface area contributed by atoms with Crippen LogP contribution in [0.25, 0.3) is 0 Å². The highest BCUT2D eigenvalue weighted by Crippen LogP contribution is 2.37. The van der Waals surface area contributed by atoms with Crippen LogP contribution in [0.3, 0.4) is 0 Å².